The first-order chi connectivity index (χ1) is 16.1. The molecule has 0 fully saturated rings. The molecule has 1 atom stereocenters. The maximum Gasteiger partial charge on any atom is 0.328 e. The van der Waals surface area contributed by atoms with Crippen molar-refractivity contribution < 1.29 is 19.1 Å². The first-order valence-corrected chi connectivity index (χ1v) is 10.6. The maximum absolute atomic E-state index is 13.0. The summed E-state index contributed by atoms with van der Waals surface area (Å²) < 4.78 is 4.92. The second-order valence-electron chi connectivity index (χ2n) is 7.67. The van der Waals surface area contributed by atoms with Gasteiger partial charge in [0, 0.05) is 23.1 Å². The monoisotopic (exact) mass is 437 g/mol. The molecule has 0 bridgehead atoms. The fourth-order valence-corrected chi connectivity index (χ4v) is 3.78. The molecule has 0 saturated heterocycles. The number of hydrogen-bond donors (Lipinski definition) is 1. The van der Waals surface area contributed by atoms with Crippen LogP contribution >= 0.6 is 0 Å². The largest absolute Gasteiger partial charge is 0.467 e. The van der Waals surface area contributed by atoms with Crippen molar-refractivity contribution in [3.05, 3.63) is 119 Å². The van der Waals surface area contributed by atoms with E-state index < -0.39 is 12.0 Å². The highest BCUT2D eigenvalue weighted by atomic mass is 16.5. The maximum atomic E-state index is 13.0. The predicted molar refractivity (Wildman–Crippen MR) is 127 cm³/mol. The minimum absolute atomic E-state index is 0.0732. The lowest BCUT2D eigenvalue weighted by Gasteiger charge is -2.17. The Hall–Kier alpha value is -4.25. The van der Waals surface area contributed by atoms with Crippen molar-refractivity contribution in [2.24, 2.45) is 0 Å². The number of amides is 1. The number of rotatable bonds is 7. The third kappa shape index (κ3) is 4.99. The minimum atomic E-state index is -0.864. The predicted octanol–water partition coefficient (Wildman–Crippen LogP) is 4.58. The van der Waals surface area contributed by atoms with Crippen molar-refractivity contribution in [1.82, 2.24) is 5.32 Å². The summed E-state index contributed by atoms with van der Waals surface area (Å²) in [5.74, 6) is -0.956. The van der Waals surface area contributed by atoms with Crippen LogP contribution in [0.5, 0.6) is 0 Å². The summed E-state index contributed by atoms with van der Waals surface area (Å²) in [6.07, 6.45) is 0.239. The van der Waals surface area contributed by atoms with E-state index in [0.29, 0.717) is 16.7 Å². The van der Waals surface area contributed by atoms with Gasteiger partial charge in [0.15, 0.2) is 5.78 Å². The third-order valence-electron chi connectivity index (χ3n) is 5.52. The van der Waals surface area contributed by atoms with Crippen LogP contribution in [0.1, 0.15) is 31.8 Å². The number of esters is 1. The average Bonchev–Trinajstić information content (AvgIpc) is 2.88. The van der Waals surface area contributed by atoms with Gasteiger partial charge in [0.1, 0.15) is 6.04 Å². The molecule has 0 spiro atoms. The Labute approximate surface area is 192 Å². The van der Waals surface area contributed by atoms with Gasteiger partial charge in [-0.25, -0.2) is 4.79 Å². The highest BCUT2D eigenvalue weighted by Gasteiger charge is 2.23. The van der Waals surface area contributed by atoms with Crippen LogP contribution in [0.25, 0.3) is 10.8 Å². The Morgan fingerprint density at radius 3 is 2.12 bits per heavy atom. The van der Waals surface area contributed by atoms with Gasteiger partial charge in [0.05, 0.1) is 7.11 Å². The van der Waals surface area contributed by atoms with E-state index in [4.69, 9.17) is 4.74 Å². The minimum Gasteiger partial charge on any atom is -0.467 e. The van der Waals surface area contributed by atoms with Gasteiger partial charge in [-0.05, 0) is 22.4 Å². The van der Waals surface area contributed by atoms with Crippen LogP contribution < -0.4 is 5.32 Å². The zero-order valence-corrected chi connectivity index (χ0v) is 18.2. The average molecular weight is 437 g/mol. The van der Waals surface area contributed by atoms with E-state index in [1.165, 1.54) is 7.11 Å². The van der Waals surface area contributed by atoms with E-state index in [9.17, 15) is 14.4 Å². The van der Waals surface area contributed by atoms with Crippen LogP contribution in [0.2, 0.25) is 0 Å². The molecule has 4 aromatic carbocycles. The molecule has 1 amide bonds. The summed E-state index contributed by atoms with van der Waals surface area (Å²) in [7, 11) is 1.29. The number of nitrogens with one attached hydrogen (secondary N) is 1. The number of methoxy groups -OCH3 is 1. The Kier molecular flexibility index (Phi) is 6.60. The lowest BCUT2D eigenvalue weighted by atomic mass is 9.99. The normalized spacial score (nSPS) is 11.5. The van der Waals surface area contributed by atoms with Crippen LogP contribution in [0.3, 0.4) is 0 Å². The Bertz CT molecular complexity index is 1290. The SMILES string of the molecule is COC(=O)[C@@H](Cc1ccc(C(=O)c2ccccc2)cc1)NC(=O)c1cccc2ccccc12. The molecule has 33 heavy (non-hydrogen) atoms. The van der Waals surface area contributed by atoms with Crippen LogP contribution in [0.4, 0.5) is 0 Å². The molecule has 4 aromatic rings. The highest BCUT2D eigenvalue weighted by Crippen LogP contribution is 2.19. The molecule has 4 rings (SSSR count). The number of ketones is 1. The topological polar surface area (TPSA) is 72.5 Å². The Morgan fingerprint density at radius 2 is 1.39 bits per heavy atom. The number of ether oxygens (including phenoxy) is 1. The van der Waals surface area contributed by atoms with Gasteiger partial charge in [0.2, 0.25) is 0 Å². The number of hydrogen-bond acceptors (Lipinski definition) is 4. The molecule has 0 aliphatic rings. The second kappa shape index (κ2) is 9.92. The summed E-state index contributed by atoms with van der Waals surface area (Å²) in [4.78, 5) is 38.0. The lowest BCUT2D eigenvalue weighted by Crippen LogP contribution is -2.43. The number of fused-ring (bicyclic) bond motifs is 1. The molecule has 1 N–H and O–H groups in total. The van der Waals surface area contributed by atoms with Crippen molar-refractivity contribution in [2.75, 3.05) is 7.11 Å². The molecule has 164 valence electrons. The highest BCUT2D eigenvalue weighted by molar-refractivity contribution is 6.09. The zero-order chi connectivity index (χ0) is 23.2. The van der Waals surface area contributed by atoms with Gasteiger partial charge in [-0.2, -0.15) is 0 Å². The molecule has 0 aliphatic heterocycles. The first-order valence-electron chi connectivity index (χ1n) is 10.6. The molecule has 0 aromatic heterocycles. The summed E-state index contributed by atoms with van der Waals surface area (Å²) in [5.41, 5.74) is 2.46. The van der Waals surface area contributed by atoms with E-state index in [-0.39, 0.29) is 18.1 Å². The van der Waals surface area contributed by atoms with Crippen LogP contribution in [0.15, 0.2) is 97.1 Å². The van der Waals surface area contributed by atoms with E-state index in [1.54, 1.807) is 42.5 Å². The quantitative estimate of drug-likeness (QED) is 0.339. The lowest BCUT2D eigenvalue weighted by molar-refractivity contribution is -0.142. The van der Waals surface area contributed by atoms with Crippen LogP contribution in [0, 0.1) is 0 Å². The van der Waals surface area contributed by atoms with Crippen LogP contribution in [-0.2, 0) is 16.0 Å². The third-order valence-corrected chi connectivity index (χ3v) is 5.52. The van der Waals surface area contributed by atoms with Crippen molar-refractivity contribution in [3.63, 3.8) is 0 Å². The fraction of sp³-hybridized carbons (Fsp3) is 0.107. The van der Waals surface area contributed by atoms with Crippen molar-refractivity contribution in [1.29, 1.82) is 0 Å². The molecular weight excluding hydrogens is 414 g/mol. The van der Waals surface area contributed by atoms with Gasteiger partial charge >= 0.3 is 5.97 Å². The molecule has 5 heteroatoms. The first kappa shape index (κ1) is 22.0. The summed E-state index contributed by atoms with van der Waals surface area (Å²) in [6, 6.07) is 28.3. The smallest absolute Gasteiger partial charge is 0.328 e. The summed E-state index contributed by atoms with van der Waals surface area (Å²) >= 11 is 0. The van der Waals surface area contributed by atoms with Crippen molar-refractivity contribution in [2.45, 2.75) is 12.5 Å². The molecule has 0 unspecified atom stereocenters. The van der Waals surface area contributed by atoms with Gasteiger partial charge in [-0.3, -0.25) is 9.59 Å². The van der Waals surface area contributed by atoms with Crippen molar-refractivity contribution >= 4 is 28.4 Å². The van der Waals surface area contributed by atoms with E-state index in [2.05, 4.69) is 5.32 Å². The van der Waals surface area contributed by atoms with Crippen LogP contribution in [-0.4, -0.2) is 30.8 Å². The van der Waals surface area contributed by atoms with Crippen molar-refractivity contribution in [3.8, 4) is 0 Å². The molecule has 0 saturated carbocycles. The van der Waals surface area contributed by atoms with Gasteiger partial charge < -0.3 is 10.1 Å². The molecule has 5 nitrogen and oxygen atoms in total. The van der Waals surface area contributed by atoms with Gasteiger partial charge in [-0.15, -0.1) is 0 Å². The molecule has 0 radical (unpaired) electrons. The molecule has 0 heterocycles. The Balaban J connectivity index is 1.52. The Morgan fingerprint density at radius 1 is 0.758 bits per heavy atom. The molecule has 0 aliphatic carbocycles. The number of carbonyl (C=O) groups is 3. The van der Waals surface area contributed by atoms with E-state index in [0.717, 1.165) is 16.3 Å². The second-order valence-corrected chi connectivity index (χ2v) is 7.67. The number of carbonyl (C=O) groups excluding carboxylic acids is 3. The molecular formula is C28H23NO4. The standard InChI is InChI=1S/C28H23NO4/c1-33-28(32)25(29-27(31)24-13-7-11-20-8-5-6-12-23(20)24)18-19-14-16-22(17-15-19)26(30)21-9-3-2-4-10-21/h2-17,25H,18H2,1H3,(H,29,31)/t25-/m1/s1. The van der Waals surface area contributed by atoms with E-state index in [1.807, 2.05) is 54.6 Å². The summed E-state index contributed by atoms with van der Waals surface area (Å²) in [6.45, 7) is 0. The van der Waals surface area contributed by atoms with Gasteiger partial charge in [0.25, 0.3) is 5.91 Å². The summed E-state index contributed by atoms with van der Waals surface area (Å²) in [5, 5.41) is 4.56. The van der Waals surface area contributed by atoms with E-state index >= 15 is 0 Å². The fourth-order valence-electron chi connectivity index (χ4n) is 3.78. The zero-order valence-electron chi connectivity index (χ0n) is 18.2. The number of benzene rings is 4. The van der Waals surface area contributed by atoms with Gasteiger partial charge in [-0.1, -0.05) is 91.0 Å².